The molecule has 0 bridgehead atoms. The Morgan fingerprint density at radius 3 is 2.40 bits per heavy atom. The first kappa shape index (κ1) is 34.4. The van der Waals surface area contributed by atoms with E-state index in [0.717, 1.165) is 69.6 Å². The van der Waals surface area contributed by atoms with Crippen LogP contribution in [-0.4, -0.2) is 68.1 Å². The number of halogens is 2. The van der Waals surface area contributed by atoms with E-state index in [-0.39, 0.29) is 17.9 Å². The molecule has 2 aromatic heterocycles. The first-order valence-corrected chi connectivity index (χ1v) is 17.9. The summed E-state index contributed by atoms with van der Waals surface area (Å²) in [5.41, 5.74) is 9.80. The molecule has 2 saturated heterocycles. The minimum absolute atomic E-state index is 0.0700. The van der Waals surface area contributed by atoms with Gasteiger partial charge in [0.2, 0.25) is 5.89 Å². The number of benzene rings is 4. The molecule has 2 aliphatic rings. The van der Waals surface area contributed by atoms with Gasteiger partial charge in [-0.2, -0.15) is 14.0 Å². The van der Waals surface area contributed by atoms with Gasteiger partial charge in [-0.15, -0.1) is 0 Å². The molecular weight excluding hydrogens is 678 g/mol. The van der Waals surface area contributed by atoms with E-state index in [1.165, 1.54) is 18.9 Å². The normalized spacial score (nSPS) is 16.6. The van der Waals surface area contributed by atoms with Crippen LogP contribution in [0.5, 0.6) is 5.75 Å². The van der Waals surface area contributed by atoms with Crippen LogP contribution in [0.2, 0.25) is 0 Å². The summed E-state index contributed by atoms with van der Waals surface area (Å²) >= 11 is 0. The maximum atomic E-state index is 13.5. The number of carboxylic acids is 1. The van der Waals surface area contributed by atoms with Gasteiger partial charge >= 0.3 is 12.6 Å². The van der Waals surface area contributed by atoms with E-state index in [1.54, 1.807) is 11.0 Å². The summed E-state index contributed by atoms with van der Waals surface area (Å²) < 4.78 is 38.0. The fourth-order valence-electron chi connectivity index (χ4n) is 7.98. The van der Waals surface area contributed by atoms with Crippen molar-refractivity contribution >= 4 is 28.1 Å². The van der Waals surface area contributed by atoms with Crippen molar-refractivity contribution in [3.05, 3.63) is 88.5 Å². The SMILES string of the molecule is Cc1c(-c2nc3cc(CN4CCCC4)cc(C#N)c3[nH]2)cccc1-c1cccc(-c2nc3cc(CN4CCC[C@H]4C(=O)O)c(OC(F)F)cc3o2)c1C. The molecule has 53 heavy (non-hydrogen) atoms. The van der Waals surface area contributed by atoms with Crippen LogP contribution in [0.3, 0.4) is 0 Å². The van der Waals surface area contributed by atoms with Crippen molar-refractivity contribution < 1.29 is 27.8 Å². The molecule has 0 unspecified atom stereocenters. The third kappa shape index (κ3) is 6.62. The Morgan fingerprint density at radius 2 is 1.68 bits per heavy atom. The van der Waals surface area contributed by atoms with Crippen molar-refractivity contribution in [2.24, 2.45) is 0 Å². The molecule has 2 N–H and O–H groups in total. The number of oxazole rings is 1. The van der Waals surface area contributed by atoms with Crippen molar-refractivity contribution in [3.63, 3.8) is 0 Å². The maximum absolute atomic E-state index is 13.5. The number of H-pyrrole nitrogens is 1. The first-order chi connectivity index (χ1) is 25.7. The predicted octanol–water partition coefficient (Wildman–Crippen LogP) is 8.44. The monoisotopic (exact) mass is 716 g/mol. The van der Waals surface area contributed by atoms with Gasteiger partial charge < -0.3 is 19.2 Å². The molecule has 0 spiro atoms. The zero-order valence-electron chi connectivity index (χ0n) is 29.5. The van der Waals surface area contributed by atoms with Gasteiger partial charge in [-0.25, -0.2) is 9.97 Å². The highest BCUT2D eigenvalue weighted by atomic mass is 19.3. The number of aromatic nitrogens is 3. The summed E-state index contributed by atoms with van der Waals surface area (Å²) in [7, 11) is 0. The third-order valence-corrected chi connectivity index (χ3v) is 10.6. The average Bonchev–Trinajstić information content (AvgIpc) is 3.96. The van der Waals surface area contributed by atoms with Crippen LogP contribution in [0, 0.1) is 25.2 Å². The standard InChI is InChI=1S/C41H38F2N6O4/c1-23-28(8-5-10-30(23)38-45-33-17-25(21-48-13-3-4-14-48)16-26(20-44)37(33)47-38)29-9-6-11-31(24(29)2)39-46-32-18-27(22-49-15-7-12-34(49)40(50)51)35(53-41(42)43)19-36(32)52-39/h5-6,8-11,16-19,34,41H,3-4,7,12-15,21-22H2,1-2H3,(H,45,47)(H,50,51)/t34-/m0/s1. The zero-order valence-corrected chi connectivity index (χ0v) is 29.5. The molecule has 4 aromatic carbocycles. The predicted molar refractivity (Wildman–Crippen MR) is 196 cm³/mol. The van der Waals surface area contributed by atoms with E-state index in [1.807, 2.05) is 43.3 Å². The largest absolute Gasteiger partial charge is 0.480 e. The van der Waals surface area contributed by atoms with Gasteiger partial charge in [-0.05, 0) is 111 Å². The minimum atomic E-state index is -3.06. The Morgan fingerprint density at radius 1 is 0.962 bits per heavy atom. The summed E-state index contributed by atoms with van der Waals surface area (Å²) in [6.07, 6.45) is 3.60. The number of imidazole rings is 1. The second-order valence-electron chi connectivity index (χ2n) is 14.0. The molecule has 8 rings (SSSR count). The second-order valence-corrected chi connectivity index (χ2v) is 14.0. The number of hydrogen-bond acceptors (Lipinski definition) is 8. The summed E-state index contributed by atoms with van der Waals surface area (Å²) in [5.74, 6) is -0.00102. The molecule has 4 heterocycles. The van der Waals surface area contributed by atoms with Crippen molar-refractivity contribution in [3.8, 4) is 45.8 Å². The van der Waals surface area contributed by atoms with Gasteiger partial charge in [-0.3, -0.25) is 14.6 Å². The number of aliphatic carboxylic acids is 1. The average molecular weight is 717 g/mol. The van der Waals surface area contributed by atoms with E-state index in [9.17, 15) is 23.9 Å². The van der Waals surface area contributed by atoms with Crippen molar-refractivity contribution in [2.45, 2.75) is 65.3 Å². The fourth-order valence-corrected chi connectivity index (χ4v) is 7.98. The summed E-state index contributed by atoms with van der Waals surface area (Å²) in [5, 5.41) is 19.7. The molecule has 270 valence electrons. The van der Waals surface area contributed by atoms with Gasteiger partial charge in [0.1, 0.15) is 29.2 Å². The van der Waals surface area contributed by atoms with Gasteiger partial charge in [-0.1, -0.05) is 30.3 Å². The fraction of sp³-hybridized carbons (Fsp3) is 0.317. The zero-order chi connectivity index (χ0) is 36.8. The van der Waals surface area contributed by atoms with Crippen molar-refractivity contribution in [2.75, 3.05) is 19.6 Å². The molecule has 0 amide bonds. The quantitative estimate of drug-likeness (QED) is 0.143. The summed E-state index contributed by atoms with van der Waals surface area (Å²) in [6, 6.07) is 20.7. The lowest BCUT2D eigenvalue weighted by atomic mass is 9.91. The number of hydrogen-bond donors (Lipinski definition) is 2. The number of rotatable bonds is 10. The van der Waals surface area contributed by atoms with E-state index in [4.69, 9.17) is 19.1 Å². The number of fused-ring (bicyclic) bond motifs is 2. The van der Waals surface area contributed by atoms with Crippen LogP contribution in [0.4, 0.5) is 8.78 Å². The van der Waals surface area contributed by atoms with Crippen LogP contribution in [0.25, 0.3) is 56.1 Å². The lowest BCUT2D eigenvalue weighted by Crippen LogP contribution is -2.35. The maximum Gasteiger partial charge on any atom is 0.387 e. The summed E-state index contributed by atoms with van der Waals surface area (Å²) in [4.78, 5) is 29.1. The van der Waals surface area contributed by atoms with E-state index >= 15 is 0 Å². The Kier molecular flexibility index (Phi) is 9.14. The number of nitrogens with one attached hydrogen (secondary N) is 1. The molecule has 0 radical (unpaired) electrons. The van der Waals surface area contributed by atoms with Crippen LogP contribution >= 0.6 is 0 Å². The van der Waals surface area contributed by atoms with E-state index in [0.29, 0.717) is 47.7 Å². The Bertz CT molecular complexity index is 2410. The molecule has 6 aromatic rings. The number of carbonyl (C=O) groups is 1. The van der Waals surface area contributed by atoms with Crippen LogP contribution in [-0.2, 0) is 17.9 Å². The third-order valence-electron chi connectivity index (χ3n) is 10.6. The number of carboxylic acid groups (broad SMARTS) is 1. The molecule has 2 fully saturated rings. The van der Waals surface area contributed by atoms with Crippen LogP contribution < -0.4 is 4.74 Å². The van der Waals surface area contributed by atoms with E-state index < -0.39 is 18.6 Å². The number of nitrogens with zero attached hydrogens (tertiary/aromatic N) is 5. The number of alkyl halides is 2. The van der Waals surface area contributed by atoms with Gasteiger partial charge in [0.05, 0.1) is 16.6 Å². The van der Waals surface area contributed by atoms with Gasteiger partial charge in [0.15, 0.2) is 5.58 Å². The minimum Gasteiger partial charge on any atom is -0.480 e. The number of likely N-dealkylation sites (tertiary alicyclic amines) is 2. The lowest BCUT2D eigenvalue weighted by molar-refractivity contribution is -0.142. The smallest absolute Gasteiger partial charge is 0.387 e. The Labute approximate surface area is 304 Å². The number of nitriles is 1. The highest BCUT2D eigenvalue weighted by Gasteiger charge is 2.31. The topological polar surface area (TPSA) is 132 Å². The molecule has 1 atom stereocenters. The molecular formula is C41H38F2N6O4. The van der Waals surface area contributed by atoms with Gasteiger partial charge in [0.25, 0.3) is 0 Å². The van der Waals surface area contributed by atoms with Crippen molar-refractivity contribution in [1.82, 2.24) is 24.8 Å². The van der Waals surface area contributed by atoms with Crippen LogP contribution in [0.1, 0.15) is 53.5 Å². The summed E-state index contributed by atoms with van der Waals surface area (Å²) in [6.45, 7) is 4.58. The molecule has 10 nitrogen and oxygen atoms in total. The number of ether oxygens (including phenoxy) is 1. The Balaban J connectivity index is 1.13. The highest BCUT2D eigenvalue weighted by Crippen LogP contribution is 2.39. The second kappa shape index (κ2) is 14.1. The van der Waals surface area contributed by atoms with Crippen molar-refractivity contribution in [1.29, 1.82) is 5.26 Å². The van der Waals surface area contributed by atoms with E-state index in [2.05, 4.69) is 35.0 Å². The lowest BCUT2D eigenvalue weighted by Gasteiger charge is -2.22. The Hall–Kier alpha value is -5.64. The molecule has 0 aliphatic carbocycles. The first-order valence-electron chi connectivity index (χ1n) is 17.9. The number of aromatic amines is 1. The van der Waals surface area contributed by atoms with Crippen LogP contribution in [0.15, 0.2) is 65.1 Å². The molecule has 12 heteroatoms. The van der Waals surface area contributed by atoms with Gasteiger partial charge in [0, 0.05) is 35.8 Å². The molecule has 2 aliphatic heterocycles. The molecule has 0 saturated carbocycles. The highest BCUT2D eigenvalue weighted by molar-refractivity contribution is 5.88.